The molecule has 0 aliphatic carbocycles. The van der Waals surface area contributed by atoms with Gasteiger partial charge in [0.15, 0.2) is 6.61 Å². The van der Waals surface area contributed by atoms with Crippen LogP contribution in [-0.4, -0.2) is 12.5 Å². The molecule has 0 aliphatic rings. The van der Waals surface area contributed by atoms with Gasteiger partial charge >= 0.3 is 0 Å². The first-order valence-corrected chi connectivity index (χ1v) is 6.85. The minimum absolute atomic E-state index is 0.0446. The molecule has 1 amide bonds. The first kappa shape index (κ1) is 14.9. The maximum absolute atomic E-state index is 12.2. The largest absolute Gasteiger partial charge is 0.479 e. The summed E-state index contributed by atoms with van der Waals surface area (Å²) in [6.45, 7) is -0.0446. The van der Waals surface area contributed by atoms with E-state index in [0.29, 0.717) is 22.7 Å². The minimum Gasteiger partial charge on any atom is -0.479 e. The molecular formula is C15H12BrN3O2. The predicted octanol–water partition coefficient (Wildman–Crippen LogP) is 3.19. The third kappa shape index (κ3) is 3.97. The van der Waals surface area contributed by atoms with Gasteiger partial charge in [0.25, 0.3) is 5.91 Å². The number of nitriles is 1. The molecule has 2 aromatic rings. The zero-order valence-electron chi connectivity index (χ0n) is 11.0. The molecule has 0 spiro atoms. The number of carbonyl (C=O) groups excluding carboxylic acids is 1. The van der Waals surface area contributed by atoms with E-state index in [1.54, 1.807) is 42.5 Å². The lowest BCUT2D eigenvalue weighted by Crippen LogP contribution is -2.14. The Kier molecular flexibility index (Phi) is 4.80. The van der Waals surface area contributed by atoms with Crippen molar-refractivity contribution in [2.75, 3.05) is 17.7 Å². The van der Waals surface area contributed by atoms with Crippen LogP contribution in [0.1, 0.15) is 10.4 Å². The van der Waals surface area contributed by atoms with E-state index in [0.717, 1.165) is 4.47 Å². The summed E-state index contributed by atoms with van der Waals surface area (Å²) >= 11 is 3.29. The van der Waals surface area contributed by atoms with Crippen molar-refractivity contribution in [3.63, 3.8) is 0 Å². The molecule has 0 unspecified atom stereocenters. The van der Waals surface area contributed by atoms with Crippen molar-refractivity contribution in [2.24, 2.45) is 0 Å². The quantitative estimate of drug-likeness (QED) is 0.833. The number of nitrogens with one attached hydrogen (secondary N) is 1. The first-order valence-electron chi connectivity index (χ1n) is 6.06. The Labute approximate surface area is 130 Å². The monoisotopic (exact) mass is 345 g/mol. The molecular weight excluding hydrogens is 334 g/mol. The van der Waals surface area contributed by atoms with Gasteiger partial charge in [-0.1, -0.05) is 22.0 Å². The van der Waals surface area contributed by atoms with E-state index >= 15 is 0 Å². The van der Waals surface area contributed by atoms with E-state index < -0.39 is 0 Å². The highest BCUT2D eigenvalue weighted by Gasteiger charge is 2.10. The lowest BCUT2D eigenvalue weighted by Gasteiger charge is -2.09. The predicted molar refractivity (Wildman–Crippen MR) is 84.1 cm³/mol. The molecule has 21 heavy (non-hydrogen) atoms. The summed E-state index contributed by atoms with van der Waals surface area (Å²) in [5, 5.41) is 11.2. The summed E-state index contributed by atoms with van der Waals surface area (Å²) in [5.41, 5.74) is 7.17. The summed E-state index contributed by atoms with van der Waals surface area (Å²) in [4.78, 5) is 12.2. The van der Waals surface area contributed by atoms with E-state index in [9.17, 15) is 4.79 Å². The third-order valence-electron chi connectivity index (χ3n) is 2.65. The van der Waals surface area contributed by atoms with Gasteiger partial charge < -0.3 is 15.8 Å². The van der Waals surface area contributed by atoms with Crippen molar-refractivity contribution in [1.29, 1.82) is 5.26 Å². The molecule has 0 aliphatic heterocycles. The number of ether oxygens (including phenoxy) is 1. The highest BCUT2D eigenvalue weighted by atomic mass is 79.9. The zero-order chi connectivity index (χ0) is 15.2. The Hall–Kier alpha value is -2.52. The number of anilines is 2. The van der Waals surface area contributed by atoms with E-state index in [1.165, 1.54) is 0 Å². The maximum atomic E-state index is 12.2. The summed E-state index contributed by atoms with van der Waals surface area (Å²) < 4.78 is 5.99. The van der Waals surface area contributed by atoms with Gasteiger partial charge in [-0.15, -0.1) is 0 Å². The average molecular weight is 346 g/mol. The van der Waals surface area contributed by atoms with Gasteiger partial charge in [0.1, 0.15) is 11.8 Å². The van der Waals surface area contributed by atoms with Gasteiger partial charge in [-0.2, -0.15) is 5.26 Å². The average Bonchev–Trinajstić information content (AvgIpc) is 2.45. The summed E-state index contributed by atoms with van der Waals surface area (Å²) in [6, 6.07) is 13.8. The Bertz CT molecular complexity index is 710. The number of hydrogen-bond donors (Lipinski definition) is 2. The maximum Gasteiger partial charge on any atom is 0.257 e. The van der Waals surface area contributed by atoms with Crippen LogP contribution < -0.4 is 15.8 Å². The number of halogens is 1. The molecule has 0 bridgehead atoms. The molecule has 0 aromatic heterocycles. The summed E-state index contributed by atoms with van der Waals surface area (Å²) in [5.74, 6) is 0.204. The van der Waals surface area contributed by atoms with E-state index in [2.05, 4.69) is 21.2 Å². The normalized spacial score (nSPS) is 9.71. The Morgan fingerprint density at radius 3 is 2.86 bits per heavy atom. The number of amides is 1. The van der Waals surface area contributed by atoms with Crippen LogP contribution in [-0.2, 0) is 0 Å². The van der Waals surface area contributed by atoms with Crippen LogP contribution >= 0.6 is 15.9 Å². The number of nitrogens with zero attached hydrogens (tertiary/aromatic N) is 1. The molecule has 106 valence electrons. The molecule has 5 nitrogen and oxygen atoms in total. The van der Waals surface area contributed by atoms with Gasteiger partial charge in [0.2, 0.25) is 0 Å². The highest BCUT2D eigenvalue weighted by molar-refractivity contribution is 9.10. The number of hydrogen-bond acceptors (Lipinski definition) is 4. The Balaban J connectivity index is 2.14. The van der Waals surface area contributed by atoms with Crippen molar-refractivity contribution < 1.29 is 9.53 Å². The van der Waals surface area contributed by atoms with Crippen LogP contribution in [0.15, 0.2) is 46.9 Å². The molecule has 0 fully saturated rings. The fourth-order valence-electron chi connectivity index (χ4n) is 1.72. The van der Waals surface area contributed by atoms with Gasteiger partial charge in [-0.05, 0) is 30.3 Å². The summed E-state index contributed by atoms with van der Waals surface area (Å²) in [6.07, 6.45) is 0. The number of nitrogens with two attached hydrogens (primary N) is 1. The SMILES string of the molecule is N#CCOc1cccc(NC(=O)c2ccc(Br)cc2N)c1. The van der Waals surface area contributed by atoms with Crippen LogP contribution in [0.3, 0.4) is 0 Å². The van der Waals surface area contributed by atoms with Gasteiger partial charge in [-0.25, -0.2) is 0 Å². The van der Waals surface area contributed by atoms with E-state index in [-0.39, 0.29) is 12.5 Å². The molecule has 0 atom stereocenters. The molecule has 0 saturated carbocycles. The minimum atomic E-state index is -0.308. The highest BCUT2D eigenvalue weighted by Crippen LogP contribution is 2.21. The van der Waals surface area contributed by atoms with Crippen LogP contribution in [0.4, 0.5) is 11.4 Å². The van der Waals surface area contributed by atoms with Crippen LogP contribution in [0, 0.1) is 11.3 Å². The van der Waals surface area contributed by atoms with Gasteiger partial charge in [0, 0.05) is 21.9 Å². The fourth-order valence-corrected chi connectivity index (χ4v) is 2.10. The molecule has 2 rings (SSSR count). The molecule has 2 aromatic carbocycles. The van der Waals surface area contributed by atoms with Crippen molar-refractivity contribution in [3.8, 4) is 11.8 Å². The molecule has 0 radical (unpaired) electrons. The molecule has 3 N–H and O–H groups in total. The number of rotatable bonds is 4. The van der Waals surface area contributed by atoms with Gasteiger partial charge in [-0.3, -0.25) is 4.79 Å². The van der Waals surface area contributed by atoms with Crippen molar-refractivity contribution in [2.45, 2.75) is 0 Å². The second kappa shape index (κ2) is 6.77. The number of carbonyl (C=O) groups is 1. The van der Waals surface area contributed by atoms with E-state index in [1.807, 2.05) is 6.07 Å². The number of benzene rings is 2. The standard InChI is InChI=1S/C15H12BrN3O2/c16-10-4-5-13(14(18)8-10)15(20)19-11-2-1-3-12(9-11)21-7-6-17/h1-5,8-9H,7,18H2,(H,19,20). The second-order valence-electron chi connectivity index (χ2n) is 4.16. The first-order chi connectivity index (χ1) is 10.1. The molecule has 0 heterocycles. The third-order valence-corrected chi connectivity index (χ3v) is 3.15. The number of nitrogen functional groups attached to an aromatic ring is 1. The topological polar surface area (TPSA) is 88.1 Å². The fraction of sp³-hybridized carbons (Fsp3) is 0.0667. The summed E-state index contributed by atoms with van der Waals surface area (Å²) in [7, 11) is 0. The smallest absolute Gasteiger partial charge is 0.257 e. The molecule has 6 heteroatoms. The second-order valence-corrected chi connectivity index (χ2v) is 5.08. The lowest BCUT2D eigenvalue weighted by atomic mass is 10.1. The van der Waals surface area contributed by atoms with Crippen molar-refractivity contribution in [3.05, 3.63) is 52.5 Å². The Morgan fingerprint density at radius 1 is 1.33 bits per heavy atom. The van der Waals surface area contributed by atoms with Crippen molar-refractivity contribution >= 4 is 33.2 Å². The lowest BCUT2D eigenvalue weighted by molar-refractivity contribution is 0.102. The van der Waals surface area contributed by atoms with E-state index in [4.69, 9.17) is 15.7 Å². The van der Waals surface area contributed by atoms with Crippen LogP contribution in [0.5, 0.6) is 5.75 Å². The van der Waals surface area contributed by atoms with Crippen molar-refractivity contribution in [1.82, 2.24) is 0 Å². The van der Waals surface area contributed by atoms with Crippen LogP contribution in [0.25, 0.3) is 0 Å². The molecule has 0 saturated heterocycles. The zero-order valence-corrected chi connectivity index (χ0v) is 12.6. The van der Waals surface area contributed by atoms with Crippen LogP contribution in [0.2, 0.25) is 0 Å². The van der Waals surface area contributed by atoms with Gasteiger partial charge in [0.05, 0.1) is 5.56 Å². The Morgan fingerprint density at radius 2 is 2.14 bits per heavy atom.